The summed E-state index contributed by atoms with van der Waals surface area (Å²) in [6.45, 7) is 0. The van der Waals surface area contributed by atoms with Gasteiger partial charge in [0.15, 0.2) is 0 Å². The predicted octanol–water partition coefficient (Wildman–Crippen LogP) is 29.0. The van der Waals surface area contributed by atoms with Gasteiger partial charge in [-0.1, -0.05) is 273 Å². The number of fused-ring (bicyclic) bond motifs is 16. The van der Waals surface area contributed by atoms with Crippen LogP contribution in [-0.2, 0) is 0 Å². The second kappa shape index (κ2) is 31.0. The number of para-hydroxylation sites is 5. The molecule has 0 aliphatic heterocycles. The Balaban J connectivity index is 0.000000107. The second-order valence-corrected chi connectivity index (χ2v) is 31.9. The van der Waals surface area contributed by atoms with Crippen LogP contribution in [0.4, 0.5) is 0 Å². The summed E-state index contributed by atoms with van der Waals surface area (Å²) in [5.74, 6) is 2.69. The van der Waals surface area contributed by atoms with Crippen molar-refractivity contribution in [3.8, 4) is 124 Å². The van der Waals surface area contributed by atoms with Crippen LogP contribution in [0.5, 0.6) is 0 Å². The van der Waals surface area contributed by atoms with Crippen LogP contribution in [-0.4, -0.2) is 52.5 Å². The van der Waals surface area contributed by atoms with Crippen LogP contribution in [0.15, 0.2) is 448 Å². The summed E-state index contributed by atoms with van der Waals surface area (Å²) in [5, 5.41) is 10.7. The lowest BCUT2D eigenvalue weighted by Gasteiger charge is -2.18. The zero-order valence-electron chi connectivity index (χ0n) is 68.5. The van der Waals surface area contributed by atoms with Crippen molar-refractivity contribution in [2.75, 3.05) is 0 Å². The molecular weight excluding hydrogens is 1550 g/mol. The molecule has 0 aliphatic rings. The number of imidazole rings is 4. The Bertz CT molecular complexity index is 8780. The third kappa shape index (κ3) is 13.1. The standard InChI is InChI=1S/C44H29N3.C38H23N3O.C33H21N5/c1-3-13-31(14-4-1)41-35-17-7-8-18-36(35)42(32-15-5-2-6-16-32)38-29-34(25-26-37(38)41)30-21-23-33(24-22-30)44-46-43(39-19-9-11-27-45-39)40-20-10-12-28-47(40)44;1-4-13-31-24(8-1)17-20-32(39-31)37-34-21-18-25-9-2-5-14-33(25)41(34)38(40-37)28-11-7-10-26(22-28)27-16-19-30-29-12-3-6-15-35(29)42-36(30)23-27;1-2-12-29-26(10-1)35-31-17-15-24-20-23(14-16-28(24)38(29)31)22-8-7-9-25(21-22)33-36-32(27-11-3-5-18-34-27)30-13-4-6-19-37(30)33/h1-29H;1-23H;1-21H. The molecule has 0 saturated carbocycles. The second-order valence-electron chi connectivity index (χ2n) is 31.9. The van der Waals surface area contributed by atoms with Crippen LogP contribution >= 0.6 is 0 Å². The number of benzene rings is 14. The highest BCUT2D eigenvalue weighted by Gasteiger charge is 2.24. The van der Waals surface area contributed by atoms with E-state index in [1.54, 1.807) is 0 Å². The first kappa shape index (κ1) is 73.6. The van der Waals surface area contributed by atoms with E-state index in [1.807, 2.05) is 103 Å². The van der Waals surface area contributed by atoms with Crippen LogP contribution in [0.1, 0.15) is 0 Å². The highest BCUT2D eigenvalue weighted by Crippen LogP contribution is 2.47. The molecule has 0 radical (unpaired) electrons. The first-order chi connectivity index (χ1) is 63.0. The van der Waals surface area contributed by atoms with Gasteiger partial charge in [0, 0.05) is 57.6 Å². The SMILES string of the molecule is c1cc(-c2ccc3c(c2)oc2ccccc23)cc(-c2nc(-c3ccc4ccccc4n3)c3ccc4ccccc4n23)c1.c1ccc(-c2c3ccccc3c(-c3ccccc3)c3cc(-c4ccc(-c5nc(-c6ccccn6)c6ccccn56)cc4)ccc23)cc1.c1ccc(-c2nc(-c3cccc(-c4ccc5c(ccc6nc7ccccc7n65)c4)c3)n3ccccc23)nc1. The van der Waals surface area contributed by atoms with Crippen LogP contribution in [0, 0.1) is 0 Å². The summed E-state index contributed by atoms with van der Waals surface area (Å²) in [5.41, 5.74) is 31.4. The number of furan rings is 1. The van der Waals surface area contributed by atoms with E-state index in [-0.39, 0.29) is 0 Å². The van der Waals surface area contributed by atoms with E-state index in [9.17, 15) is 0 Å². The summed E-state index contributed by atoms with van der Waals surface area (Å²) in [7, 11) is 0. The Kier molecular flexibility index (Phi) is 17.9. The van der Waals surface area contributed by atoms with E-state index in [1.165, 1.54) is 54.7 Å². The monoisotopic (exact) mass is 1620 g/mol. The van der Waals surface area contributed by atoms with Gasteiger partial charge in [0.1, 0.15) is 51.4 Å². The predicted molar refractivity (Wildman–Crippen MR) is 520 cm³/mol. The van der Waals surface area contributed by atoms with Gasteiger partial charge >= 0.3 is 0 Å². The molecule has 12 aromatic heterocycles. The van der Waals surface area contributed by atoms with Crippen molar-refractivity contribution < 1.29 is 4.42 Å². The first-order valence-electron chi connectivity index (χ1n) is 42.6. The number of rotatable bonds is 11. The molecule has 12 heteroatoms. The van der Waals surface area contributed by atoms with E-state index in [4.69, 9.17) is 29.3 Å². The quantitative estimate of drug-likeness (QED) is 0.117. The van der Waals surface area contributed by atoms with Gasteiger partial charge in [-0.3, -0.25) is 27.6 Å². The molecule has 0 saturated heterocycles. The topological polar surface area (TPSA) is 121 Å². The Labute approximate surface area is 728 Å². The zero-order valence-corrected chi connectivity index (χ0v) is 68.5. The molecule has 0 amide bonds. The highest BCUT2D eigenvalue weighted by molar-refractivity contribution is 6.22. The summed E-state index contributed by atoms with van der Waals surface area (Å²) < 4.78 is 15.0. The van der Waals surface area contributed by atoms with Crippen LogP contribution in [0.2, 0.25) is 0 Å². The lowest BCUT2D eigenvalue weighted by atomic mass is 9.85. The van der Waals surface area contributed by atoms with Gasteiger partial charge in [-0.05, 0) is 234 Å². The number of nitrogens with zero attached hydrogens (tertiary/aromatic N) is 11. The van der Waals surface area contributed by atoms with E-state index in [0.717, 1.165) is 179 Å². The molecular formula is C115H73N11O. The van der Waals surface area contributed by atoms with Crippen LogP contribution in [0.3, 0.4) is 0 Å². The fourth-order valence-corrected chi connectivity index (χ4v) is 18.5. The molecule has 0 bridgehead atoms. The third-order valence-corrected chi connectivity index (χ3v) is 24.4. The first-order valence-corrected chi connectivity index (χ1v) is 42.6. The van der Waals surface area contributed by atoms with Gasteiger partial charge in [0.25, 0.3) is 0 Å². The summed E-state index contributed by atoms with van der Waals surface area (Å²) in [6, 6.07) is 147. The molecule has 26 aromatic rings. The van der Waals surface area contributed by atoms with Crippen molar-refractivity contribution in [1.82, 2.24) is 52.5 Å². The average Bonchev–Trinajstić information content (AvgIpc) is 1.63. The average molecular weight is 1620 g/mol. The summed E-state index contributed by atoms with van der Waals surface area (Å²) in [4.78, 5) is 34.4. The zero-order chi connectivity index (χ0) is 83.8. The van der Waals surface area contributed by atoms with E-state index in [2.05, 4.69) is 368 Å². The van der Waals surface area contributed by atoms with E-state index < -0.39 is 0 Å². The summed E-state index contributed by atoms with van der Waals surface area (Å²) >= 11 is 0. The molecule has 0 spiro atoms. The fraction of sp³-hybridized carbons (Fsp3) is 0. The molecule has 12 heterocycles. The molecule has 14 aromatic carbocycles. The normalized spacial score (nSPS) is 11.6. The van der Waals surface area contributed by atoms with Crippen molar-refractivity contribution >= 4 is 109 Å². The minimum atomic E-state index is 0.860. The van der Waals surface area contributed by atoms with E-state index >= 15 is 0 Å². The maximum atomic E-state index is 6.19. The number of pyridine rings is 7. The van der Waals surface area contributed by atoms with Crippen molar-refractivity contribution in [2.24, 2.45) is 0 Å². The minimum absolute atomic E-state index is 0.860. The lowest BCUT2D eigenvalue weighted by molar-refractivity contribution is 0.669. The van der Waals surface area contributed by atoms with Gasteiger partial charge in [-0.15, -0.1) is 0 Å². The Morgan fingerprint density at radius 2 is 0.661 bits per heavy atom. The van der Waals surface area contributed by atoms with Crippen molar-refractivity contribution in [2.45, 2.75) is 0 Å². The van der Waals surface area contributed by atoms with Gasteiger partial charge in [-0.2, -0.15) is 0 Å². The van der Waals surface area contributed by atoms with Crippen molar-refractivity contribution in [3.05, 3.63) is 443 Å². The van der Waals surface area contributed by atoms with Crippen molar-refractivity contribution in [1.29, 1.82) is 0 Å². The molecule has 127 heavy (non-hydrogen) atoms. The Morgan fingerprint density at radius 1 is 0.205 bits per heavy atom. The Morgan fingerprint density at radius 3 is 1.35 bits per heavy atom. The number of aromatic nitrogens is 11. The lowest BCUT2D eigenvalue weighted by Crippen LogP contribution is -1.92. The molecule has 594 valence electrons. The van der Waals surface area contributed by atoms with Crippen LogP contribution in [0.25, 0.3) is 233 Å². The fourth-order valence-electron chi connectivity index (χ4n) is 18.5. The molecule has 0 fully saturated rings. The third-order valence-electron chi connectivity index (χ3n) is 24.4. The van der Waals surface area contributed by atoms with Crippen molar-refractivity contribution in [3.63, 3.8) is 0 Å². The van der Waals surface area contributed by atoms with Gasteiger partial charge in [0.2, 0.25) is 0 Å². The summed E-state index contributed by atoms with van der Waals surface area (Å²) in [6.07, 6.45) is 7.76. The highest BCUT2D eigenvalue weighted by atomic mass is 16.3. The van der Waals surface area contributed by atoms with Gasteiger partial charge < -0.3 is 4.42 Å². The van der Waals surface area contributed by atoms with E-state index in [0.29, 0.717) is 0 Å². The number of hydrogen-bond acceptors (Lipinski definition) is 8. The molecule has 0 atom stereocenters. The molecule has 0 aliphatic carbocycles. The molecule has 0 unspecified atom stereocenters. The minimum Gasteiger partial charge on any atom is -0.456 e. The van der Waals surface area contributed by atoms with Crippen LogP contribution < -0.4 is 0 Å². The maximum Gasteiger partial charge on any atom is 0.145 e. The smallest absolute Gasteiger partial charge is 0.145 e. The van der Waals surface area contributed by atoms with Gasteiger partial charge in [0.05, 0.1) is 61.2 Å². The Hall–Kier alpha value is -17.4. The maximum absolute atomic E-state index is 6.19. The number of hydrogen-bond donors (Lipinski definition) is 0. The van der Waals surface area contributed by atoms with Gasteiger partial charge in [-0.25, -0.2) is 24.9 Å². The largest absolute Gasteiger partial charge is 0.456 e. The molecule has 12 nitrogen and oxygen atoms in total. The molecule has 26 rings (SSSR count). The molecule has 0 N–H and O–H groups in total.